The average Bonchev–Trinajstić information content (AvgIpc) is 2.45. The Kier molecular flexibility index (Phi) is 5.10. The molecule has 114 valence electrons. The summed E-state index contributed by atoms with van der Waals surface area (Å²) in [5.41, 5.74) is 1.57. The maximum Gasteiger partial charge on any atom is 0.257 e. The summed E-state index contributed by atoms with van der Waals surface area (Å²) in [5, 5.41) is 15.1. The van der Waals surface area contributed by atoms with Crippen LogP contribution in [-0.4, -0.2) is 16.1 Å². The zero-order chi connectivity index (χ0) is 16.3. The third-order valence-corrected chi connectivity index (χ3v) is 3.65. The second-order valence-electron chi connectivity index (χ2n) is 4.54. The third kappa shape index (κ3) is 4.02. The molecule has 3 N–H and O–H groups in total. The largest absolute Gasteiger partial charge is 0.506 e. The Morgan fingerprint density at radius 2 is 1.91 bits per heavy atom. The van der Waals surface area contributed by atoms with Gasteiger partial charge in [-0.25, -0.2) is 4.39 Å². The first-order valence-electron chi connectivity index (χ1n) is 6.24. The molecular formula is C15H12BrFN2O2S. The van der Waals surface area contributed by atoms with Crippen LogP contribution in [-0.2, 0) is 0 Å². The van der Waals surface area contributed by atoms with Crippen molar-refractivity contribution in [3.8, 4) is 5.75 Å². The van der Waals surface area contributed by atoms with E-state index in [4.69, 9.17) is 12.2 Å². The Morgan fingerprint density at radius 1 is 1.27 bits per heavy atom. The first-order valence-corrected chi connectivity index (χ1v) is 7.44. The molecule has 0 aromatic heterocycles. The van der Waals surface area contributed by atoms with E-state index in [-0.39, 0.29) is 10.9 Å². The van der Waals surface area contributed by atoms with Crippen molar-refractivity contribution in [1.82, 2.24) is 5.32 Å². The molecule has 4 nitrogen and oxygen atoms in total. The number of aromatic hydroxyl groups is 1. The molecule has 0 heterocycles. The summed E-state index contributed by atoms with van der Waals surface area (Å²) in [7, 11) is 0. The van der Waals surface area contributed by atoms with Gasteiger partial charge in [0.1, 0.15) is 11.6 Å². The van der Waals surface area contributed by atoms with Crippen molar-refractivity contribution in [3.05, 3.63) is 57.8 Å². The molecule has 0 atom stereocenters. The zero-order valence-corrected chi connectivity index (χ0v) is 13.9. The molecule has 2 rings (SSSR count). The number of carbonyl (C=O) groups is 1. The lowest BCUT2D eigenvalue weighted by Crippen LogP contribution is -2.34. The van der Waals surface area contributed by atoms with Crippen LogP contribution in [0, 0.1) is 12.7 Å². The number of aryl methyl sites for hydroxylation is 1. The topological polar surface area (TPSA) is 61.4 Å². The summed E-state index contributed by atoms with van der Waals surface area (Å²) in [6, 6.07) is 8.47. The lowest BCUT2D eigenvalue weighted by molar-refractivity contribution is 0.0977. The van der Waals surface area contributed by atoms with Crippen LogP contribution in [0.5, 0.6) is 5.75 Å². The number of hydrogen-bond acceptors (Lipinski definition) is 3. The lowest BCUT2D eigenvalue weighted by Gasteiger charge is -2.11. The third-order valence-electron chi connectivity index (χ3n) is 2.85. The highest BCUT2D eigenvalue weighted by atomic mass is 79.9. The summed E-state index contributed by atoms with van der Waals surface area (Å²) < 4.78 is 13.3. The van der Waals surface area contributed by atoms with E-state index in [0.29, 0.717) is 21.3 Å². The summed E-state index contributed by atoms with van der Waals surface area (Å²) >= 11 is 8.29. The van der Waals surface area contributed by atoms with Crippen molar-refractivity contribution >= 4 is 44.9 Å². The van der Waals surface area contributed by atoms with Crippen LogP contribution in [0.15, 0.2) is 40.9 Å². The second kappa shape index (κ2) is 6.85. The van der Waals surface area contributed by atoms with Crippen LogP contribution in [0.3, 0.4) is 0 Å². The fraction of sp³-hybridized carbons (Fsp3) is 0.0667. The highest BCUT2D eigenvalue weighted by Crippen LogP contribution is 2.30. The molecule has 0 saturated heterocycles. The molecule has 0 unspecified atom stereocenters. The van der Waals surface area contributed by atoms with Gasteiger partial charge in [-0.1, -0.05) is 0 Å². The van der Waals surface area contributed by atoms with Crippen molar-refractivity contribution in [2.45, 2.75) is 6.92 Å². The number of thiocarbonyl (C=S) groups is 1. The van der Waals surface area contributed by atoms with E-state index >= 15 is 0 Å². The molecule has 0 aliphatic heterocycles. The van der Waals surface area contributed by atoms with Gasteiger partial charge in [0.15, 0.2) is 5.11 Å². The van der Waals surface area contributed by atoms with E-state index in [1.54, 1.807) is 19.1 Å². The summed E-state index contributed by atoms with van der Waals surface area (Å²) in [4.78, 5) is 11.9. The summed E-state index contributed by atoms with van der Waals surface area (Å²) in [6.45, 7) is 1.74. The highest BCUT2D eigenvalue weighted by Gasteiger charge is 2.10. The Balaban J connectivity index is 2.04. The highest BCUT2D eigenvalue weighted by molar-refractivity contribution is 9.10. The SMILES string of the molecule is Cc1cc(NC(=S)NC(=O)c2ccc(F)cc2)cc(Br)c1O. The molecule has 7 heteroatoms. The molecule has 0 fully saturated rings. The molecule has 0 spiro atoms. The number of nitrogens with one attached hydrogen (secondary N) is 2. The van der Waals surface area contributed by atoms with Gasteiger partial charge in [-0.15, -0.1) is 0 Å². The van der Waals surface area contributed by atoms with Crippen molar-refractivity contribution in [3.63, 3.8) is 0 Å². The van der Waals surface area contributed by atoms with Crippen LogP contribution in [0.2, 0.25) is 0 Å². The minimum Gasteiger partial charge on any atom is -0.506 e. The van der Waals surface area contributed by atoms with Gasteiger partial charge in [0.25, 0.3) is 5.91 Å². The van der Waals surface area contributed by atoms with Gasteiger partial charge in [0.05, 0.1) is 4.47 Å². The normalized spacial score (nSPS) is 10.1. The molecule has 2 aromatic rings. The molecule has 0 aliphatic carbocycles. The first-order chi connectivity index (χ1) is 10.4. The number of anilines is 1. The van der Waals surface area contributed by atoms with Gasteiger partial charge < -0.3 is 10.4 Å². The number of benzene rings is 2. The molecule has 22 heavy (non-hydrogen) atoms. The van der Waals surface area contributed by atoms with Crippen molar-refractivity contribution in [2.24, 2.45) is 0 Å². The van der Waals surface area contributed by atoms with Gasteiger partial charge in [-0.05, 0) is 77.0 Å². The molecule has 2 aromatic carbocycles. The van der Waals surface area contributed by atoms with Crippen molar-refractivity contribution in [1.29, 1.82) is 0 Å². The van der Waals surface area contributed by atoms with E-state index in [9.17, 15) is 14.3 Å². The number of halogens is 2. The molecule has 0 radical (unpaired) electrons. The predicted octanol–water partition coefficient (Wildman–Crippen LogP) is 3.73. The monoisotopic (exact) mass is 382 g/mol. The van der Waals surface area contributed by atoms with Crippen molar-refractivity contribution in [2.75, 3.05) is 5.32 Å². The maximum atomic E-state index is 12.8. The van der Waals surface area contributed by atoms with E-state index in [1.165, 1.54) is 24.3 Å². The van der Waals surface area contributed by atoms with Crippen LogP contribution in [0.25, 0.3) is 0 Å². The molecule has 0 bridgehead atoms. The van der Waals surface area contributed by atoms with E-state index in [2.05, 4.69) is 26.6 Å². The van der Waals surface area contributed by atoms with Gasteiger partial charge in [0.2, 0.25) is 0 Å². The molecule has 1 amide bonds. The zero-order valence-electron chi connectivity index (χ0n) is 11.5. The number of hydrogen-bond donors (Lipinski definition) is 3. The van der Waals surface area contributed by atoms with E-state index < -0.39 is 11.7 Å². The van der Waals surface area contributed by atoms with Gasteiger partial charge in [-0.2, -0.15) is 0 Å². The predicted molar refractivity (Wildman–Crippen MR) is 90.6 cm³/mol. The quantitative estimate of drug-likeness (QED) is 0.547. The molecular weight excluding hydrogens is 371 g/mol. The fourth-order valence-electron chi connectivity index (χ4n) is 1.75. The van der Waals surface area contributed by atoms with Crippen LogP contribution >= 0.6 is 28.1 Å². The maximum absolute atomic E-state index is 12.8. The number of carbonyl (C=O) groups excluding carboxylic acids is 1. The first kappa shape index (κ1) is 16.4. The van der Waals surface area contributed by atoms with Crippen molar-refractivity contribution < 1.29 is 14.3 Å². The van der Waals surface area contributed by atoms with Crippen LogP contribution in [0.4, 0.5) is 10.1 Å². The van der Waals surface area contributed by atoms with Gasteiger partial charge in [0, 0.05) is 11.3 Å². The van der Waals surface area contributed by atoms with Crippen LogP contribution in [0.1, 0.15) is 15.9 Å². The standard InChI is InChI=1S/C15H12BrFN2O2S/c1-8-6-11(7-12(16)13(8)20)18-15(22)19-14(21)9-2-4-10(17)5-3-9/h2-7,20H,1H3,(H2,18,19,21,22). The Morgan fingerprint density at radius 3 is 2.50 bits per heavy atom. The fourth-order valence-corrected chi connectivity index (χ4v) is 2.52. The number of phenols is 1. The number of phenolic OH excluding ortho intramolecular Hbond substituents is 1. The van der Waals surface area contributed by atoms with E-state index in [0.717, 1.165) is 0 Å². The Labute approximate surface area is 140 Å². The Hall–Kier alpha value is -1.99. The minimum atomic E-state index is -0.438. The molecule has 0 aliphatic rings. The van der Waals surface area contributed by atoms with Gasteiger partial charge >= 0.3 is 0 Å². The molecule has 0 saturated carbocycles. The second-order valence-corrected chi connectivity index (χ2v) is 5.80. The summed E-state index contributed by atoms with van der Waals surface area (Å²) in [5.74, 6) is -0.708. The van der Waals surface area contributed by atoms with Crippen LogP contribution < -0.4 is 10.6 Å². The summed E-state index contributed by atoms with van der Waals surface area (Å²) in [6.07, 6.45) is 0. The average molecular weight is 383 g/mol. The number of amides is 1. The minimum absolute atomic E-state index is 0.103. The number of rotatable bonds is 2. The van der Waals surface area contributed by atoms with E-state index in [1.807, 2.05) is 0 Å². The van der Waals surface area contributed by atoms with Gasteiger partial charge in [-0.3, -0.25) is 10.1 Å². The lowest BCUT2D eigenvalue weighted by atomic mass is 10.2. The smallest absolute Gasteiger partial charge is 0.257 e. The Bertz CT molecular complexity index is 712.